The van der Waals surface area contributed by atoms with E-state index in [0.717, 1.165) is 27.6 Å². The van der Waals surface area contributed by atoms with Gasteiger partial charge < -0.3 is 5.32 Å². The lowest BCUT2D eigenvalue weighted by atomic mass is 10.1. The summed E-state index contributed by atoms with van der Waals surface area (Å²) in [5, 5.41) is 15.5. The summed E-state index contributed by atoms with van der Waals surface area (Å²) >= 11 is 1.49. The number of thiazole rings is 1. The monoisotopic (exact) mass is 291 g/mol. The normalized spacial score (nSPS) is 16.3. The number of fused-ring (bicyclic) bond motifs is 1. The maximum atomic E-state index is 11.2. The molecule has 1 fully saturated rings. The molecule has 5 nitrogen and oxygen atoms in total. The van der Waals surface area contributed by atoms with Gasteiger partial charge >= 0.3 is 0 Å². The molecule has 0 amide bonds. The van der Waals surface area contributed by atoms with Crippen LogP contribution in [0, 0.1) is 23.0 Å². The van der Waals surface area contributed by atoms with Crippen LogP contribution in [0.3, 0.4) is 0 Å². The predicted molar refractivity (Wildman–Crippen MR) is 81.4 cm³/mol. The first-order valence-electron chi connectivity index (χ1n) is 6.85. The molecule has 1 aliphatic carbocycles. The standard InChI is InChI=1S/C14H17N3O2S/c1-8(5-10-3-4-10)15-11-6-12-14(20-9(2)16-12)7-13(11)17(18)19/h6-8,10,15H,3-5H2,1-2H3. The first-order valence-corrected chi connectivity index (χ1v) is 7.66. The number of nitrogens with one attached hydrogen (secondary N) is 1. The Labute approximate surface area is 121 Å². The largest absolute Gasteiger partial charge is 0.377 e. The van der Waals surface area contributed by atoms with Gasteiger partial charge in [0.25, 0.3) is 5.69 Å². The molecule has 0 radical (unpaired) electrons. The SMILES string of the molecule is Cc1nc2cc(NC(C)CC3CC3)c([N+](=O)[O-])cc2s1. The van der Waals surface area contributed by atoms with Gasteiger partial charge in [0, 0.05) is 12.1 Å². The molecule has 6 heteroatoms. The number of anilines is 1. The molecule has 106 valence electrons. The molecule has 2 aromatic rings. The maximum Gasteiger partial charge on any atom is 0.293 e. The Morgan fingerprint density at radius 2 is 2.30 bits per heavy atom. The van der Waals surface area contributed by atoms with Crippen molar-refractivity contribution in [1.82, 2.24) is 4.98 Å². The Balaban J connectivity index is 1.93. The molecule has 0 aliphatic heterocycles. The lowest BCUT2D eigenvalue weighted by Gasteiger charge is -2.14. The van der Waals surface area contributed by atoms with Gasteiger partial charge in [0.05, 0.1) is 20.1 Å². The van der Waals surface area contributed by atoms with Crippen LogP contribution in [0.4, 0.5) is 11.4 Å². The molecule has 20 heavy (non-hydrogen) atoms. The quantitative estimate of drug-likeness (QED) is 0.664. The Bertz CT molecular complexity index is 664. The summed E-state index contributed by atoms with van der Waals surface area (Å²) in [6, 6.07) is 3.69. The molecule has 1 N–H and O–H groups in total. The number of aromatic nitrogens is 1. The highest BCUT2D eigenvalue weighted by atomic mass is 32.1. The van der Waals surface area contributed by atoms with Gasteiger partial charge in [-0.25, -0.2) is 4.98 Å². The van der Waals surface area contributed by atoms with E-state index in [-0.39, 0.29) is 16.7 Å². The minimum Gasteiger partial charge on any atom is -0.377 e. The van der Waals surface area contributed by atoms with E-state index in [9.17, 15) is 10.1 Å². The van der Waals surface area contributed by atoms with E-state index >= 15 is 0 Å². The number of benzene rings is 1. The van der Waals surface area contributed by atoms with Crippen LogP contribution in [0.25, 0.3) is 10.2 Å². The van der Waals surface area contributed by atoms with Gasteiger partial charge in [0.2, 0.25) is 0 Å². The second-order valence-electron chi connectivity index (χ2n) is 5.55. The third-order valence-electron chi connectivity index (χ3n) is 3.60. The van der Waals surface area contributed by atoms with Crippen molar-refractivity contribution in [3.05, 3.63) is 27.3 Å². The summed E-state index contributed by atoms with van der Waals surface area (Å²) in [7, 11) is 0. The molecular formula is C14H17N3O2S. The number of nitrogens with zero attached hydrogens (tertiary/aromatic N) is 2. The molecule has 1 aromatic heterocycles. The molecule has 1 atom stereocenters. The smallest absolute Gasteiger partial charge is 0.293 e. The van der Waals surface area contributed by atoms with E-state index in [1.165, 1.54) is 24.2 Å². The zero-order valence-electron chi connectivity index (χ0n) is 11.5. The van der Waals surface area contributed by atoms with Crippen LogP contribution < -0.4 is 5.32 Å². The van der Waals surface area contributed by atoms with E-state index in [0.29, 0.717) is 5.69 Å². The van der Waals surface area contributed by atoms with Gasteiger partial charge in [-0.15, -0.1) is 11.3 Å². The molecular weight excluding hydrogens is 274 g/mol. The minimum absolute atomic E-state index is 0.142. The first-order chi connectivity index (χ1) is 9.52. The van der Waals surface area contributed by atoms with Crippen molar-refractivity contribution in [1.29, 1.82) is 0 Å². The minimum atomic E-state index is -0.319. The van der Waals surface area contributed by atoms with Crippen LogP contribution >= 0.6 is 11.3 Å². The van der Waals surface area contributed by atoms with Crippen LogP contribution in [0.1, 0.15) is 31.2 Å². The fourth-order valence-corrected chi connectivity index (χ4v) is 3.36. The molecule has 0 saturated heterocycles. The number of nitro benzene ring substituents is 1. The van der Waals surface area contributed by atoms with Crippen LogP contribution in [0.15, 0.2) is 12.1 Å². The molecule has 0 bridgehead atoms. The average molecular weight is 291 g/mol. The molecule has 1 unspecified atom stereocenters. The number of hydrogen-bond acceptors (Lipinski definition) is 5. The maximum absolute atomic E-state index is 11.2. The van der Waals surface area contributed by atoms with Crippen molar-refractivity contribution in [3.63, 3.8) is 0 Å². The van der Waals surface area contributed by atoms with Crippen molar-refractivity contribution in [2.24, 2.45) is 5.92 Å². The Morgan fingerprint density at radius 3 is 2.95 bits per heavy atom. The van der Waals surface area contributed by atoms with Gasteiger partial charge in [0.15, 0.2) is 0 Å². The van der Waals surface area contributed by atoms with E-state index in [1.807, 2.05) is 6.92 Å². The second-order valence-corrected chi connectivity index (χ2v) is 6.79. The van der Waals surface area contributed by atoms with Gasteiger partial charge in [-0.3, -0.25) is 10.1 Å². The fourth-order valence-electron chi connectivity index (χ4n) is 2.52. The fraction of sp³-hybridized carbons (Fsp3) is 0.500. The molecule has 1 saturated carbocycles. The average Bonchev–Trinajstić information content (AvgIpc) is 3.07. The Kier molecular flexibility index (Phi) is 3.33. The van der Waals surface area contributed by atoms with Crippen molar-refractivity contribution in [2.45, 2.75) is 39.2 Å². The third-order valence-corrected chi connectivity index (χ3v) is 4.53. The van der Waals surface area contributed by atoms with Gasteiger partial charge in [-0.2, -0.15) is 0 Å². The predicted octanol–water partition coefficient (Wildman–Crippen LogP) is 4.11. The van der Waals surface area contributed by atoms with Crippen LogP contribution in [-0.4, -0.2) is 15.9 Å². The summed E-state index contributed by atoms with van der Waals surface area (Å²) in [6.45, 7) is 4.00. The van der Waals surface area contributed by atoms with E-state index < -0.39 is 0 Å². The third kappa shape index (κ3) is 2.75. The lowest BCUT2D eigenvalue weighted by Crippen LogP contribution is -2.16. The van der Waals surface area contributed by atoms with Gasteiger partial charge in [-0.05, 0) is 32.3 Å². The number of nitro groups is 1. The zero-order chi connectivity index (χ0) is 14.3. The van der Waals surface area contributed by atoms with E-state index in [1.54, 1.807) is 12.1 Å². The summed E-state index contributed by atoms with van der Waals surface area (Å²) in [5.74, 6) is 0.793. The van der Waals surface area contributed by atoms with Crippen LogP contribution in [0.5, 0.6) is 0 Å². The number of aryl methyl sites for hydroxylation is 1. The lowest BCUT2D eigenvalue weighted by molar-refractivity contribution is -0.383. The number of rotatable bonds is 5. The molecule has 3 rings (SSSR count). The van der Waals surface area contributed by atoms with E-state index in [2.05, 4.69) is 17.2 Å². The highest BCUT2D eigenvalue weighted by Gasteiger charge is 2.25. The van der Waals surface area contributed by atoms with Crippen molar-refractivity contribution in [3.8, 4) is 0 Å². The molecule has 1 heterocycles. The molecule has 1 aliphatic rings. The van der Waals surface area contributed by atoms with Gasteiger partial charge in [0.1, 0.15) is 5.69 Å². The zero-order valence-corrected chi connectivity index (χ0v) is 12.4. The summed E-state index contributed by atoms with van der Waals surface area (Å²) in [5.41, 5.74) is 1.56. The molecule has 1 aromatic carbocycles. The van der Waals surface area contributed by atoms with E-state index in [4.69, 9.17) is 0 Å². The van der Waals surface area contributed by atoms with Crippen LogP contribution in [-0.2, 0) is 0 Å². The summed E-state index contributed by atoms with van der Waals surface area (Å²) in [4.78, 5) is 15.3. The first kappa shape index (κ1) is 13.3. The topological polar surface area (TPSA) is 68.1 Å². The highest BCUT2D eigenvalue weighted by Crippen LogP contribution is 2.36. The highest BCUT2D eigenvalue weighted by molar-refractivity contribution is 7.18. The summed E-state index contributed by atoms with van der Waals surface area (Å²) in [6.07, 6.45) is 3.65. The Morgan fingerprint density at radius 1 is 1.55 bits per heavy atom. The van der Waals surface area contributed by atoms with Crippen molar-refractivity contribution < 1.29 is 4.92 Å². The van der Waals surface area contributed by atoms with Crippen LogP contribution in [0.2, 0.25) is 0 Å². The Hall–Kier alpha value is -1.69. The van der Waals surface area contributed by atoms with Gasteiger partial charge in [-0.1, -0.05) is 12.8 Å². The number of hydrogen-bond donors (Lipinski definition) is 1. The van der Waals surface area contributed by atoms with Crippen molar-refractivity contribution >= 4 is 32.9 Å². The van der Waals surface area contributed by atoms with Crippen molar-refractivity contribution in [2.75, 3.05) is 5.32 Å². The summed E-state index contributed by atoms with van der Waals surface area (Å²) < 4.78 is 0.870. The second kappa shape index (κ2) is 5.01. The molecule has 0 spiro atoms.